The lowest BCUT2D eigenvalue weighted by Gasteiger charge is -2.33. The topological polar surface area (TPSA) is 99.9 Å². The standard InChI is InChI=1S/C31H33N3O5S/c1-40(37,38)33(22-26-14-7-3-8-15-26)24-30(35)34(23-27-16-9-4-10-17-27)29(20-25-12-5-2-6-13-25)31(36)32-21-28-18-11-19-39-28/h2-19,29H,20-24H2,1H3,(H,32,36). The van der Waals surface area contributed by atoms with Gasteiger partial charge in [0.05, 0.1) is 25.6 Å². The Hall–Kier alpha value is -4.21. The van der Waals surface area contributed by atoms with Crippen molar-refractivity contribution in [3.63, 3.8) is 0 Å². The quantitative estimate of drug-likeness (QED) is 0.267. The molecule has 9 heteroatoms. The maximum absolute atomic E-state index is 14.0. The molecule has 0 fully saturated rings. The van der Waals surface area contributed by atoms with Gasteiger partial charge in [0.25, 0.3) is 0 Å². The summed E-state index contributed by atoms with van der Waals surface area (Å²) < 4.78 is 32.0. The maximum atomic E-state index is 14.0. The van der Waals surface area contributed by atoms with Crippen molar-refractivity contribution in [2.75, 3.05) is 12.8 Å². The lowest BCUT2D eigenvalue weighted by atomic mass is 10.0. The number of nitrogens with one attached hydrogen (secondary N) is 1. The van der Waals surface area contributed by atoms with E-state index >= 15 is 0 Å². The van der Waals surface area contributed by atoms with E-state index in [0.29, 0.717) is 5.76 Å². The fourth-order valence-corrected chi connectivity index (χ4v) is 5.09. The summed E-state index contributed by atoms with van der Waals surface area (Å²) in [5.41, 5.74) is 2.45. The summed E-state index contributed by atoms with van der Waals surface area (Å²) in [6.45, 7) is -0.0712. The van der Waals surface area contributed by atoms with Crippen LogP contribution in [0.5, 0.6) is 0 Å². The molecule has 0 bridgehead atoms. The molecule has 0 radical (unpaired) electrons. The Morgan fingerprint density at radius 2 is 1.32 bits per heavy atom. The molecule has 0 saturated carbocycles. The van der Waals surface area contributed by atoms with E-state index in [1.54, 1.807) is 12.1 Å². The first-order valence-corrected chi connectivity index (χ1v) is 14.8. The number of hydrogen-bond acceptors (Lipinski definition) is 5. The Kier molecular flexibility index (Phi) is 9.88. The third-order valence-electron chi connectivity index (χ3n) is 6.47. The van der Waals surface area contributed by atoms with Crippen LogP contribution in [0.25, 0.3) is 0 Å². The molecule has 1 unspecified atom stereocenters. The van der Waals surface area contributed by atoms with Crippen LogP contribution in [-0.4, -0.2) is 48.3 Å². The lowest BCUT2D eigenvalue weighted by molar-refractivity contribution is -0.141. The van der Waals surface area contributed by atoms with Crippen molar-refractivity contribution in [1.82, 2.24) is 14.5 Å². The van der Waals surface area contributed by atoms with Gasteiger partial charge in [0.2, 0.25) is 21.8 Å². The first-order valence-electron chi connectivity index (χ1n) is 13.0. The molecular weight excluding hydrogens is 526 g/mol. The van der Waals surface area contributed by atoms with Gasteiger partial charge in [0.1, 0.15) is 11.8 Å². The largest absolute Gasteiger partial charge is 0.467 e. The van der Waals surface area contributed by atoms with Gasteiger partial charge in [0.15, 0.2) is 0 Å². The highest BCUT2D eigenvalue weighted by atomic mass is 32.2. The summed E-state index contributed by atoms with van der Waals surface area (Å²) >= 11 is 0. The van der Waals surface area contributed by atoms with Crippen LogP contribution in [0.3, 0.4) is 0 Å². The Balaban J connectivity index is 1.65. The van der Waals surface area contributed by atoms with Gasteiger partial charge in [-0.25, -0.2) is 8.42 Å². The molecule has 1 heterocycles. The molecule has 4 aromatic rings. The van der Waals surface area contributed by atoms with Crippen molar-refractivity contribution < 1.29 is 22.4 Å². The lowest BCUT2D eigenvalue weighted by Crippen LogP contribution is -2.53. The highest BCUT2D eigenvalue weighted by Gasteiger charge is 2.33. The molecule has 2 amide bonds. The van der Waals surface area contributed by atoms with Gasteiger partial charge in [-0.2, -0.15) is 4.31 Å². The zero-order valence-corrected chi connectivity index (χ0v) is 23.2. The zero-order valence-electron chi connectivity index (χ0n) is 22.3. The molecule has 0 aliphatic carbocycles. The molecule has 8 nitrogen and oxygen atoms in total. The van der Waals surface area contributed by atoms with E-state index in [-0.39, 0.29) is 32.0 Å². The highest BCUT2D eigenvalue weighted by Crippen LogP contribution is 2.17. The predicted molar refractivity (Wildman–Crippen MR) is 153 cm³/mol. The van der Waals surface area contributed by atoms with E-state index in [1.807, 2.05) is 91.0 Å². The van der Waals surface area contributed by atoms with Crippen LogP contribution in [0.1, 0.15) is 22.5 Å². The summed E-state index contributed by atoms with van der Waals surface area (Å²) in [7, 11) is -3.74. The number of carbonyl (C=O) groups excluding carboxylic acids is 2. The van der Waals surface area contributed by atoms with Gasteiger partial charge >= 0.3 is 0 Å². The second kappa shape index (κ2) is 13.7. The average molecular weight is 560 g/mol. The van der Waals surface area contributed by atoms with Crippen molar-refractivity contribution in [2.45, 2.75) is 32.1 Å². The minimum Gasteiger partial charge on any atom is -0.467 e. The summed E-state index contributed by atoms with van der Waals surface area (Å²) in [5.74, 6) is -0.253. The molecule has 3 aromatic carbocycles. The van der Waals surface area contributed by atoms with Crippen molar-refractivity contribution in [1.29, 1.82) is 0 Å². The molecule has 0 spiro atoms. The summed E-state index contributed by atoms with van der Waals surface area (Å²) in [6, 6.07) is 30.5. The van der Waals surface area contributed by atoms with E-state index in [9.17, 15) is 18.0 Å². The summed E-state index contributed by atoms with van der Waals surface area (Å²) in [4.78, 5) is 29.1. The normalized spacial score (nSPS) is 12.2. The fourth-order valence-electron chi connectivity index (χ4n) is 4.36. The molecular formula is C31H33N3O5S. The van der Waals surface area contributed by atoms with E-state index < -0.39 is 28.5 Å². The monoisotopic (exact) mass is 559 g/mol. The van der Waals surface area contributed by atoms with Crippen molar-refractivity contribution >= 4 is 21.8 Å². The molecule has 1 atom stereocenters. The number of rotatable bonds is 13. The minimum atomic E-state index is -3.74. The van der Waals surface area contributed by atoms with E-state index in [2.05, 4.69) is 5.32 Å². The van der Waals surface area contributed by atoms with Gasteiger partial charge in [0, 0.05) is 19.5 Å². The van der Waals surface area contributed by atoms with Gasteiger partial charge < -0.3 is 14.6 Å². The molecule has 208 valence electrons. The van der Waals surface area contributed by atoms with Crippen LogP contribution in [-0.2, 0) is 45.7 Å². The van der Waals surface area contributed by atoms with Crippen LogP contribution in [0.4, 0.5) is 0 Å². The number of sulfonamides is 1. The van der Waals surface area contributed by atoms with Crippen molar-refractivity contribution in [3.05, 3.63) is 132 Å². The van der Waals surface area contributed by atoms with Gasteiger partial charge in [-0.15, -0.1) is 0 Å². The van der Waals surface area contributed by atoms with Crippen LogP contribution >= 0.6 is 0 Å². The maximum Gasteiger partial charge on any atom is 0.243 e. The van der Waals surface area contributed by atoms with Crippen LogP contribution < -0.4 is 5.32 Å². The highest BCUT2D eigenvalue weighted by molar-refractivity contribution is 7.88. The number of carbonyl (C=O) groups is 2. The first-order chi connectivity index (χ1) is 19.3. The van der Waals surface area contributed by atoms with Crippen molar-refractivity contribution in [2.24, 2.45) is 0 Å². The van der Waals surface area contributed by atoms with Crippen LogP contribution in [0.15, 0.2) is 114 Å². The zero-order chi connectivity index (χ0) is 28.4. The molecule has 1 N–H and O–H groups in total. The van der Waals surface area contributed by atoms with Gasteiger partial charge in [-0.3, -0.25) is 9.59 Å². The summed E-state index contributed by atoms with van der Waals surface area (Å²) in [6.07, 6.45) is 2.87. The second-order valence-electron chi connectivity index (χ2n) is 9.53. The first kappa shape index (κ1) is 28.8. The smallest absolute Gasteiger partial charge is 0.243 e. The van der Waals surface area contributed by atoms with E-state index in [1.165, 1.54) is 11.2 Å². The third kappa shape index (κ3) is 8.39. The summed E-state index contributed by atoms with van der Waals surface area (Å²) in [5, 5.41) is 2.89. The molecule has 1 aromatic heterocycles. The second-order valence-corrected chi connectivity index (χ2v) is 11.5. The fraction of sp³-hybridized carbons (Fsp3) is 0.226. The van der Waals surface area contributed by atoms with Crippen LogP contribution in [0, 0.1) is 0 Å². The SMILES string of the molecule is CS(=O)(=O)N(CC(=O)N(Cc1ccccc1)C(Cc1ccccc1)C(=O)NCc1ccco1)Cc1ccccc1. The Bertz CT molecular complexity index is 1460. The number of benzene rings is 3. The number of amides is 2. The number of furan rings is 1. The minimum absolute atomic E-state index is 0.0403. The van der Waals surface area contributed by atoms with Crippen molar-refractivity contribution in [3.8, 4) is 0 Å². The molecule has 40 heavy (non-hydrogen) atoms. The Labute approximate surface area is 235 Å². The Morgan fingerprint density at radius 3 is 1.85 bits per heavy atom. The molecule has 0 aliphatic heterocycles. The van der Waals surface area contributed by atoms with E-state index in [4.69, 9.17) is 4.42 Å². The predicted octanol–water partition coefficient (Wildman–Crippen LogP) is 4.00. The van der Waals surface area contributed by atoms with Gasteiger partial charge in [-0.1, -0.05) is 91.0 Å². The van der Waals surface area contributed by atoms with Gasteiger partial charge in [-0.05, 0) is 28.8 Å². The average Bonchev–Trinajstić information content (AvgIpc) is 3.48. The molecule has 4 rings (SSSR count). The van der Waals surface area contributed by atoms with Crippen LogP contribution in [0.2, 0.25) is 0 Å². The number of nitrogens with zero attached hydrogens (tertiary/aromatic N) is 2. The Morgan fingerprint density at radius 1 is 0.775 bits per heavy atom. The van der Waals surface area contributed by atoms with E-state index in [0.717, 1.165) is 27.3 Å². The molecule has 0 aliphatic rings. The third-order valence-corrected chi connectivity index (χ3v) is 7.66. The number of hydrogen-bond donors (Lipinski definition) is 1. The molecule has 0 saturated heterocycles.